The Hall–Kier alpha value is -3.06. The summed E-state index contributed by atoms with van der Waals surface area (Å²) in [5.41, 5.74) is 2.00. The van der Waals surface area contributed by atoms with E-state index >= 15 is 0 Å². The number of amides is 2. The Morgan fingerprint density at radius 1 is 0.970 bits per heavy atom. The first-order chi connectivity index (χ1) is 16.2. The van der Waals surface area contributed by atoms with E-state index in [0.29, 0.717) is 37.6 Å². The summed E-state index contributed by atoms with van der Waals surface area (Å²) in [4.78, 5) is 26.8. The third kappa shape index (κ3) is 8.42. The zero-order valence-electron chi connectivity index (χ0n) is 19.5. The predicted molar refractivity (Wildman–Crippen MR) is 131 cm³/mol. The van der Waals surface area contributed by atoms with Crippen LogP contribution in [0.5, 0.6) is 5.75 Å². The Labute approximate surface area is 196 Å². The van der Waals surface area contributed by atoms with E-state index in [1.807, 2.05) is 24.3 Å². The molecule has 1 fully saturated rings. The van der Waals surface area contributed by atoms with Gasteiger partial charge in [-0.25, -0.2) is 0 Å². The van der Waals surface area contributed by atoms with Crippen molar-refractivity contribution in [2.75, 3.05) is 50.1 Å². The number of ether oxygens (including phenoxy) is 2. The number of benzene rings is 2. The molecule has 0 radical (unpaired) electrons. The van der Waals surface area contributed by atoms with Gasteiger partial charge in [0, 0.05) is 30.0 Å². The molecule has 2 N–H and O–H groups in total. The molecule has 2 amide bonds. The highest BCUT2D eigenvalue weighted by atomic mass is 16.5. The number of morpholine rings is 1. The molecule has 0 bridgehead atoms. The van der Waals surface area contributed by atoms with Gasteiger partial charge in [0.15, 0.2) is 0 Å². The van der Waals surface area contributed by atoms with Crippen LogP contribution in [0.1, 0.15) is 49.4 Å². The third-order valence-electron chi connectivity index (χ3n) is 5.52. The summed E-state index contributed by atoms with van der Waals surface area (Å²) >= 11 is 0. The lowest BCUT2D eigenvalue weighted by Crippen LogP contribution is -2.40. The smallest absolute Gasteiger partial charge is 0.254 e. The number of rotatable bonds is 12. The molecule has 0 aromatic heterocycles. The number of unbranched alkanes of at least 4 members (excludes halogenated alkanes) is 4. The maximum Gasteiger partial charge on any atom is 0.254 e. The molecule has 0 aliphatic carbocycles. The van der Waals surface area contributed by atoms with Crippen molar-refractivity contribution in [1.29, 1.82) is 0 Å². The molecule has 3 rings (SSSR count). The SMILES string of the molecule is CCCCCCCOc1ccc(NCC(=O)Nc2cccc(C(=O)N3CCOCC3)c2)cc1. The van der Waals surface area contributed by atoms with Gasteiger partial charge >= 0.3 is 0 Å². The largest absolute Gasteiger partial charge is 0.494 e. The molecule has 1 aliphatic heterocycles. The van der Waals surface area contributed by atoms with Crippen LogP contribution >= 0.6 is 0 Å². The molecular formula is C26H35N3O4. The minimum Gasteiger partial charge on any atom is -0.494 e. The lowest BCUT2D eigenvalue weighted by molar-refractivity contribution is -0.114. The third-order valence-corrected chi connectivity index (χ3v) is 5.52. The van der Waals surface area contributed by atoms with Gasteiger partial charge in [-0.15, -0.1) is 0 Å². The number of hydrogen-bond acceptors (Lipinski definition) is 5. The number of anilines is 2. The molecule has 1 aliphatic rings. The minimum absolute atomic E-state index is 0.0456. The van der Waals surface area contributed by atoms with Gasteiger partial charge in [0.1, 0.15) is 5.75 Å². The maximum atomic E-state index is 12.6. The number of hydrogen-bond donors (Lipinski definition) is 2. The van der Waals surface area contributed by atoms with Crippen LogP contribution in [0.3, 0.4) is 0 Å². The van der Waals surface area contributed by atoms with E-state index in [1.54, 1.807) is 29.2 Å². The van der Waals surface area contributed by atoms with Crippen LogP contribution in [-0.2, 0) is 9.53 Å². The molecule has 1 heterocycles. The fourth-order valence-electron chi connectivity index (χ4n) is 3.63. The van der Waals surface area contributed by atoms with Gasteiger partial charge in [-0.05, 0) is 48.9 Å². The molecule has 178 valence electrons. The minimum atomic E-state index is -0.182. The zero-order chi connectivity index (χ0) is 23.3. The van der Waals surface area contributed by atoms with E-state index in [4.69, 9.17) is 9.47 Å². The molecule has 33 heavy (non-hydrogen) atoms. The Kier molecular flexibility index (Phi) is 10.0. The first-order valence-electron chi connectivity index (χ1n) is 11.9. The molecule has 0 atom stereocenters. The molecule has 7 nitrogen and oxygen atoms in total. The monoisotopic (exact) mass is 453 g/mol. The van der Waals surface area contributed by atoms with Gasteiger partial charge in [-0.2, -0.15) is 0 Å². The Balaban J connectivity index is 1.40. The van der Waals surface area contributed by atoms with Gasteiger partial charge in [0.05, 0.1) is 26.4 Å². The molecule has 0 unspecified atom stereocenters. The number of carbonyl (C=O) groups excluding carboxylic acids is 2. The second kappa shape index (κ2) is 13.5. The van der Waals surface area contributed by atoms with Crippen LogP contribution in [0, 0.1) is 0 Å². The van der Waals surface area contributed by atoms with Crippen LogP contribution in [-0.4, -0.2) is 56.2 Å². The van der Waals surface area contributed by atoms with Gasteiger partial charge in [0.2, 0.25) is 5.91 Å². The second-order valence-corrected chi connectivity index (χ2v) is 8.17. The quantitative estimate of drug-likeness (QED) is 0.461. The number of nitrogens with zero attached hydrogens (tertiary/aromatic N) is 1. The van der Waals surface area contributed by atoms with Crippen LogP contribution in [0.4, 0.5) is 11.4 Å². The summed E-state index contributed by atoms with van der Waals surface area (Å²) in [5.74, 6) is 0.608. The Bertz CT molecular complexity index is 879. The first-order valence-corrected chi connectivity index (χ1v) is 11.9. The summed E-state index contributed by atoms with van der Waals surface area (Å²) in [6.45, 7) is 5.35. The van der Waals surface area contributed by atoms with E-state index in [-0.39, 0.29) is 18.4 Å². The number of nitrogens with one attached hydrogen (secondary N) is 2. The van der Waals surface area contributed by atoms with Crippen molar-refractivity contribution in [1.82, 2.24) is 4.90 Å². The highest BCUT2D eigenvalue weighted by molar-refractivity contribution is 5.98. The molecule has 0 saturated carbocycles. The van der Waals surface area contributed by atoms with E-state index in [0.717, 1.165) is 24.5 Å². The lowest BCUT2D eigenvalue weighted by atomic mass is 10.1. The summed E-state index contributed by atoms with van der Waals surface area (Å²) < 4.78 is 11.1. The maximum absolute atomic E-state index is 12.6. The highest BCUT2D eigenvalue weighted by Gasteiger charge is 2.18. The first kappa shape index (κ1) is 24.6. The molecule has 2 aromatic carbocycles. The van der Waals surface area contributed by atoms with E-state index in [2.05, 4.69) is 17.6 Å². The zero-order valence-corrected chi connectivity index (χ0v) is 19.5. The van der Waals surface area contributed by atoms with Crippen molar-refractivity contribution in [3.8, 4) is 5.75 Å². The molecule has 7 heteroatoms. The lowest BCUT2D eigenvalue weighted by Gasteiger charge is -2.27. The van der Waals surface area contributed by atoms with Crippen molar-refractivity contribution < 1.29 is 19.1 Å². The molecule has 0 spiro atoms. The van der Waals surface area contributed by atoms with Crippen LogP contribution in [0.25, 0.3) is 0 Å². The number of carbonyl (C=O) groups is 2. The van der Waals surface area contributed by atoms with Crippen LogP contribution in [0.15, 0.2) is 48.5 Å². The van der Waals surface area contributed by atoms with Crippen molar-refractivity contribution in [2.45, 2.75) is 39.0 Å². The van der Waals surface area contributed by atoms with Gasteiger partial charge in [0.25, 0.3) is 5.91 Å². The van der Waals surface area contributed by atoms with Gasteiger partial charge in [-0.3, -0.25) is 9.59 Å². The summed E-state index contributed by atoms with van der Waals surface area (Å²) in [6.07, 6.45) is 6.06. The average Bonchev–Trinajstić information content (AvgIpc) is 2.86. The standard InChI is InChI=1S/C26H35N3O4/c1-2-3-4-5-6-16-33-24-12-10-22(11-13-24)27-20-25(30)28-23-9-7-8-21(19-23)26(31)29-14-17-32-18-15-29/h7-13,19,27H,2-6,14-18,20H2,1H3,(H,28,30). The van der Waals surface area contributed by atoms with Crippen molar-refractivity contribution in [2.24, 2.45) is 0 Å². The van der Waals surface area contributed by atoms with E-state index in [9.17, 15) is 9.59 Å². The van der Waals surface area contributed by atoms with Crippen molar-refractivity contribution in [3.05, 3.63) is 54.1 Å². The fourth-order valence-corrected chi connectivity index (χ4v) is 3.63. The average molecular weight is 454 g/mol. The highest BCUT2D eigenvalue weighted by Crippen LogP contribution is 2.17. The van der Waals surface area contributed by atoms with E-state index < -0.39 is 0 Å². The predicted octanol–water partition coefficient (Wildman–Crippen LogP) is 4.56. The topological polar surface area (TPSA) is 79.9 Å². The summed E-state index contributed by atoms with van der Waals surface area (Å²) in [7, 11) is 0. The van der Waals surface area contributed by atoms with Gasteiger partial charge in [-0.1, -0.05) is 38.7 Å². The normalized spacial score (nSPS) is 13.4. The van der Waals surface area contributed by atoms with Crippen LogP contribution in [0.2, 0.25) is 0 Å². The molecular weight excluding hydrogens is 418 g/mol. The second-order valence-electron chi connectivity index (χ2n) is 8.17. The summed E-state index contributed by atoms with van der Waals surface area (Å²) in [5, 5.41) is 5.96. The van der Waals surface area contributed by atoms with Crippen LogP contribution < -0.4 is 15.4 Å². The van der Waals surface area contributed by atoms with E-state index in [1.165, 1.54) is 25.7 Å². The molecule has 2 aromatic rings. The van der Waals surface area contributed by atoms with Gasteiger partial charge < -0.3 is 25.0 Å². The van der Waals surface area contributed by atoms with Crippen molar-refractivity contribution >= 4 is 23.2 Å². The Morgan fingerprint density at radius 2 is 1.73 bits per heavy atom. The fraction of sp³-hybridized carbons (Fsp3) is 0.462. The molecule has 1 saturated heterocycles. The summed E-state index contributed by atoms with van der Waals surface area (Å²) in [6, 6.07) is 14.7. The Morgan fingerprint density at radius 3 is 2.48 bits per heavy atom. The van der Waals surface area contributed by atoms with Crippen molar-refractivity contribution in [3.63, 3.8) is 0 Å².